The largest absolute Gasteiger partial charge is 0.374 e. The van der Waals surface area contributed by atoms with Gasteiger partial charge in [0, 0.05) is 4.90 Å². The van der Waals surface area contributed by atoms with Crippen molar-refractivity contribution in [1.82, 2.24) is 0 Å². The van der Waals surface area contributed by atoms with Crippen LogP contribution in [0.2, 0.25) is 0 Å². The van der Waals surface area contributed by atoms with Crippen LogP contribution in [0.15, 0.2) is 126 Å². The van der Waals surface area contributed by atoms with Gasteiger partial charge >= 0.3 is 0 Å². The molecule has 4 aromatic rings. The lowest BCUT2D eigenvalue weighted by Crippen LogP contribution is -2.51. The molecule has 0 aromatic heterocycles. The molecule has 6 rings (SSSR count). The lowest BCUT2D eigenvalue weighted by molar-refractivity contribution is -0.200. The van der Waals surface area contributed by atoms with Crippen molar-refractivity contribution in [2.75, 3.05) is 6.61 Å². The molecule has 1 heterocycles. The third-order valence-electron chi connectivity index (χ3n) is 7.58. The molecule has 4 nitrogen and oxygen atoms in total. The van der Waals surface area contributed by atoms with Crippen molar-refractivity contribution < 1.29 is 23.3 Å². The van der Waals surface area contributed by atoms with Gasteiger partial charge in [-0.1, -0.05) is 121 Å². The first-order valence-corrected chi connectivity index (χ1v) is 14.6. The molecule has 1 aliphatic heterocycles. The first-order valence-electron chi connectivity index (χ1n) is 13.7. The minimum Gasteiger partial charge on any atom is -0.374 e. The highest BCUT2D eigenvalue weighted by molar-refractivity contribution is 7.99. The van der Waals surface area contributed by atoms with Crippen LogP contribution in [0, 0.1) is 5.92 Å². The number of halogens is 1. The lowest BCUT2D eigenvalue weighted by atomic mass is 10.0. The number of benzene rings is 4. The molecule has 2 aliphatic rings. The van der Waals surface area contributed by atoms with Crippen LogP contribution in [0.25, 0.3) is 0 Å². The van der Waals surface area contributed by atoms with Crippen LogP contribution < -0.4 is 0 Å². The van der Waals surface area contributed by atoms with Crippen LogP contribution in [0.4, 0.5) is 4.39 Å². The van der Waals surface area contributed by atoms with Gasteiger partial charge in [-0.25, -0.2) is 4.39 Å². The van der Waals surface area contributed by atoms with Crippen molar-refractivity contribution in [2.24, 2.45) is 5.92 Å². The molecule has 6 heteroatoms. The maximum absolute atomic E-state index is 16.2. The van der Waals surface area contributed by atoms with Gasteiger partial charge in [-0.2, -0.15) is 0 Å². The zero-order valence-electron chi connectivity index (χ0n) is 22.2. The van der Waals surface area contributed by atoms with Crippen LogP contribution in [0.5, 0.6) is 0 Å². The molecule has 1 saturated heterocycles. The van der Waals surface area contributed by atoms with Crippen LogP contribution in [0.3, 0.4) is 0 Å². The summed E-state index contributed by atoms with van der Waals surface area (Å²) in [6.45, 7) is 1.30. The Bertz CT molecular complexity index is 1320. The molecule has 0 bridgehead atoms. The maximum Gasteiger partial charge on any atom is 0.140 e. The highest BCUT2D eigenvalue weighted by Crippen LogP contribution is 2.61. The number of fused-ring (bicyclic) bond motifs is 1. The molecular formula is C34H33FO4S. The summed E-state index contributed by atoms with van der Waals surface area (Å²) in [7, 11) is 0. The molecule has 0 radical (unpaired) electrons. The molecule has 1 aliphatic carbocycles. The molecule has 0 N–H and O–H groups in total. The minimum atomic E-state index is -1.23. The van der Waals surface area contributed by atoms with Gasteiger partial charge in [0.25, 0.3) is 0 Å². The van der Waals surface area contributed by atoms with E-state index in [1.54, 1.807) is 11.8 Å². The molecule has 2 fully saturated rings. The first kappa shape index (κ1) is 27.2. The Morgan fingerprint density at radius 3 is 1.80 bits per heavy atom. The van der Waals surface area contributed by atoms with Gasteiger partial charge < -0.3 is 18.9 Å². The van der Waals surface area contributed by atoms with Gasteiger partial charge in [-0.05, 0) is 28.8 Å². The Kier molecular flexibility index (Phi) is 8.61. The summed E-state index contributed by atoms with van der Waals surface area (Å²) < 4.78 is 41.9. The van der Waals surface area contributed by atoms with Crippen LogP contribution in [-0.2, 0) is 38.8 Å². The van der Waals surface area contributed by atoms with E-state index >= 15 is 4.39 Å². The fourth-order valence-corrected chi connectivity index (χ4v) is 6.61. The smallest absolute Gasteiger partial charge is 0.140 e. The van der Waals surface area contributed by atoms with Gasteiger partial charge in [-0.3, -0.25) is 0 Å². The zero-order chi connectivity index (χ0) is 27.2. The molecule has 0 amide bonds. The SMILES string of the molecule is FC1C2C(OCc3ccccc3)[C@H](Sc3ccccc3)OC(COCc3ccccc3)C12OCc1ccccc1. The Morgan fingerprint density at radius 2 is 1.20 bits per heavy atom. The summed E-state index contributed by atoms with van der Waals surface area (Å²) in [5.41, 5.74) is 1.52. The summed E-state index contributed by atoms with van der Waals surface area (Å²) in [6.07, 6.45) is -2.32. The van der Waals surface area contributed by atoms with E-state index in [2.05, 4.69) is 0 Å². The molecular weight excluding hydrogens is 523 g/mol. The molecule has 1 saturated carbocycles. The number of ether oxygens (including phenoxy) is 4. The van der Waals surface area contributed by atoms with Crippen molar-refractivity contribution in [1.29, 1.82) is 0 Å². The maximum atomic E-state index is 16.2. The second-order valence-corrected chi connectivity index (χ2v) is 11.4. The third-order valence-corrected chi connectivity index (χ3v) is 8.73. The Hall–Kier alpha value is -3.00. The van der Waals surface area contributed by atoms with Gasteiger partial charge in [0.15, 0.2) is 0 Å². The monoisotopic (exact) mass is 556 g/mol. The number of hydrogen-bond donors (Lipinski definition) is 0. The molecule has 0 spiro atoms. The Balaban J connectivity index is 1.25. The summed E-state index contributed by atoms with van der Waals surface area (Å²) in [6, 6.07) is 39.9. The van der Waals surface area contributed by atoms with E-state index in [1.165, 1.54) is 0 Å². The number of alkyl halides is 1. The van der Waals surface area contributed by atoms with Gasteiger partial charge in [0.1, 0.15) is 29.4 Å². The molecule has 5 unspecified atom stereocenters. The topological polar surface area (TPSA) is 36.9 Å². The van der Waals surface area contributed by atoms with Crippen molar-refractivity contribution >= 4 is 11.8 Å². The van der Waals surface area contributed by atoms with Crippen molar-refractivity contribution in [3.05, 3.63) is 138 Å². The standard InChI is InChI=1S/C34H33FO4S/c35-32-30-31(37-22-26-15-7-2-8-16-26)33(40-28-19-11-4-12-20-28)39-29(24-36-21-25-13-5-1-6-14-25)34(30,32)38-23-27-17-9-3-10-18-27/h1-20,29-33H,21-24H2/t29?,30?,31?,32?,33-,34?/m0/s1. The summed E-state index contributed by atoms with van der Waals surface area (Å²) in [5, 5.41) is 0. The fraction of sp³-hybridized carbons (Fsp3) is 0.294. The zero-order valence-corrected chi connectivity index (χ0v) is 23.0. The quantitative estimate of drug-likeness (QED) is 0.184. The van der Waals surface area contributed by atoms with E-state index < -0.39 is 35.3 Å². The van der Waals surface area contributed by atoms with Crippen molar-refractivity contribution in [2.45, 2.75) is 54.1 Å². The van der Waals surface area contributed by atoms with E-state index in [4.69, 9.17) is 18.9 Å². The number of thioether (sulfide) groups is 1. The average Bonchev–Trinajstić information content (AvgIpc) is 3.62. The van der Waals surface area contributed by atoms with Crippen molar-refractivity contribution in [3.8, 4) is 0 Å². The molecule has 40 heavy (non-hydrogen) atoms. The van der Waals surface area contributed by atoms with E-state index in [0.29, 0.717) is 13.2 Å². The number of hydrogen-bond acceptors (Lipinski definition) is 5. The summed E-state index contributed by atoms with van der Waals surface area (Å²) in [5.74, 6) is -0.472. The predicted molar refractivity (Wildman–Crippen MR) is 154 cm³/mol. The van der Waals surface area contributed by atoms with Crippen LogP contribution >= 0.6 is 11.8 Å². The second kappa shape index (κ2) is 12.7. The molecule has 6 atom stereocenters. The van der Waals surface area contributed by atoms with Gasteiger partial charge in [0.2, 0.25) is 0 Å². The second-order valence-electron chi connectivity index (χ2n) is 10.2. The number of rotatable bonds is 12. The normalized spacial score (nSPS) is 27.2. The average molecular weight is 557 g/mol. The van der Waals surface area contributed by atoms with Crippen LogP contribution in [-0.4, -0.2) is 36.0 Å². The van der Waals surface area contributed by atoms with E-state index in [1.807, 2.05) is 121 Å². The molecule has 4 aromatic carbocycles. The van der Waals surface area contributed by atoms with E-state index in [-0.39, 0.29) is 13.2 Å². The van der Waals surface area contributed by atoms with Crippen molar-refractivity contribution in [3.63, 3.8) is 0 Å². The fourth-order valence-electron chi connectivity index (χ4n) is 5.45. The van der Waals surface area contributed by atoms with E-state index in [0.717, 1.165) is 21.6 Å². The Morgan fingerprint density at radius 1 is 0.675 bits per heavy atom. The van der Waals surface area contributed by atoms with E-state index in [9.17, 15) is 0 Å². The highest BCUT2D eigenvalue weighted by atomic mass is 32.2. The summed E-state index contributed by atoms with van der Waals surface area (Å²) in [4.78, 5) is 1.04. The van der Waals surface area contributed by atoms with Gasteiger partial charge in [0.05, 0.1) is 32.3 Å². The van der Waals surface area contributed by atoms with Gasteiger partial charge in [-0.15, -0.1) is 0 Å². The Labute approximate surface area is 239 Å². The van der Waals surface area contributed by atoms with Crippen LogP contribution in [0.1, 0.15) is 16.7 Å². The predicted octanol–water partition coefficient (Wildman–Crippen LogP) is 7.23. The summed E-state index contributed by atoms with van der Waals surface area (Å²) >= 11 is 1.56. The minimum absolute atomic E-state index is 0.220. The third kappa shape index (κ3) is 6.02. The lowest BCUT2D eigenvalue weighted by Gasteiger charge is -2.40. The molecule has 206 valence electrons. The first-order chi connectivity index (χ1) is 19.7. The highest BCUT2D eigenvalue weighted by Gasteiger charge is 2.78.